The zero-order valence-electron chi connectivity index (χ0n) is 20.3. The highest BCUT2D eigenvalue weighted by molar-refractivity contribution is 6.16. The number of hydrogen-bond donors (Lipinski definition) is 1. The number of carbonyl (C=O) groups excluding carboxylic acids is 2. The van der Waals surface area contributed by atoms with E-state index in [1.165, 1.54) is 0 Å². The Kier molecular flexibility index (Phi) is 7.06. The summed E-state index contributed by atoms with van der Waals surface area (Å²) in [7, 11) is 0. The predicted octanol–water partition coefficient (Wildman–Crippen LogP) is 4.13. The molecule has 0 aliphatic carbocycles. The minimum absolute atomic E-state index is 0.0269. The molecule has 2 aromatic carbocycles. The molecule has 5 rings (SSSR count). The summed E-state index contributed by atoms with van der Waals surface area (Å²) in [5, 5.41) is 11.7. The molecule has 2 aliphatic heterocycles. The Balaban J connectivity index is 1.47. The molecule has 3 aromatic rings. The maximum absolute atomic E-state index is 13.7. The summed E-state index contributed by atoms with van der Waals surface area (Å²) in [6.07, 6.45) is 0.701. The van der Waals surface area contributed by atoms with Crippen molar-refractivity contribution >= 4 is 22.7 Å². The standard InChI is InChI=1S/C28H30N2O6/c1-2-35-21-9-5-8-20(17-21)25-24(26(31)23-18-19-7-3-4-10-22(19)36-23)27(32)28(33)30(25)12-6-11-29-13-15-34-16-14-29/h3-5,7-10,17-18,25,32H,2,6,11-16H2,1H3. The third-order valence-electron chi connectivity index (χ3n) is 6.66. The second-order valence-corrected chi connectivity index (χ2v) is 8.95. The quantitative estimate of drug-likeness (QED) is 0.451. The molecule has 3 heterocycles. The average molecular weight is 491 g/mol. The van der Waals surface area contributed by atoms with Gasteiger partial charge in [0.2, 0.25) is 5.78 Å². The van der Waals surface area contributed by atoms with E-state index in [0.717, 1.165) is 25.0 Å². The molecule has 1 aromatic heterocycles. The highest BCUT2D eigenvalue weighted by Gasteiger charge is 2.44. The second-order valence-electron chi connectivity index (χ2n) is 8.95. The van der Waals surface area contributed by atoms with Crippen molar-refractivity contribution in [1.29, 1.82) is 0 Å². The number of morpholine rings is 1. The van der Waals surface area contributed by atoms with Gasteiger partial charge in [-0.05, 0) is 43.2 Å². The molecule has 1 saturated heterocycles. The summed E-state index contributed by atoms with van der Waals surface area (Å²) in [6.45, 7) is 6.68. The van der Waals surface area contributed by atoms with Gasteiger partial charge in [0, 0.05) is 31.6 Å². The molecule has 0 radical (unpaired) electrons. The van der Waals surface area contributed by atoms with Gasteiger partial charge in [-0.1, -0.05) is 30.3 Å². The Morgan fingerprint density at radius 3 is 2.67 bits per heavy atom. The smallest absolute Gasteiger partial charge is 0.290 e. The number of nitrogens with zero attached hydrogens (tertiary/aromatic N) is 2. The van der Waals surface area contributed by atoms with Gasteiger partial charge in [0.1, 0.15) is 11.3 Å². The van der Waals surface area contributed by atoms with Crippen LogP contribution >= 0.6 is 0 Å². The number of para-hydroxylation sites is 1. The van der Waals surface area contributed by atoms with E-state index in [1.807, 2.05) is 49.4 Å². The predicted molar refractivity (Wildman–Crippen MR) is 134 cm³/mol. The number of ether oxygens (including phenoxy) is 2. The molecule has 1 unspecified atom stereocenters. The van der Waals surface area contributed by atoms with E-state index in [4.69, 9.17) is 13.9 Å². The Bertz CT molecular complexity index is 1260. The third-order valence-corrected chi connectivity index (χ3v) is 6.66. The monoisotopic (exact) mass is 490 g/mol. The van der Waals surface area contributed by atoms with E-state index in [-0.39, 0.29) is 11.3 Å². The number of rotatable bonds is 9. The van der Waals surface area contributed by atoms with Crippen molar-refractivity contribution in [3.8, 4) is 5.75 Å². The topological polar surface area (TPSA) is 92.5 Å². The first-order valence-electron chi connectivity index (χ1n) is 12.4. The minimum atomic E-state index is -0.747. The maximum Gasteiger partial charge on any atom is 0.290 e. The second kappa shape index (κ2) is 10.6. The Labute approximate surface area is 209 Å². The molecule has 188 valence electrons. The van der Waals surface area contributed by atoms with Crippen molar-refractivity contribution in [1.82, 2.24) is 9.80 Å². The number of carbonyl (C=O) groups is 2. The normalized spacial score (nSPS) is 18.9. The van der Waals surface area contributed by atoms with Crippen molar-refractivity contribution < 1.29 is 28.6 Å². The molecule has 1 N–H and O–H groups in total. The Morgan fingerprint density at radius 1 is 1.08 bits per heavy atom. The summed E-state index contributed by atoms with van der Waals surface area (Å²) in [4.78, 5) is 30.8. The number of hydrogen-bond acceptors (Lipinski definition) is 7. The highest BCUT2D eigenvalue weighted by atomic mass is 16.5. The summed E-state index contributed by atoms with van der Waals surface area (Å²) in [5.74, 6) is -0.856. The van der Waals surface area contributed by atoms with E-state index in [2.05, 4.69) is 4.90 Å². The van der Waals surface area contributed by atoms with Crippen LogP contribution in [0.15, 0.2) is 70.3 Å². The van der Waals surface area contributed by atoms with Crippen LogP contribution in [0.1, 0.15) is 35.5 Å². The zero-order chi connectivity index (χ0) is 25.1. The van der Waals surface area contributed by atoms with Crippen molar-refractivity contribution in [2.24, 2.45) is 0 Å². The molecule has 1 fully saturated rings. The lowest BCUT2D eigenvalue weighted by Gasteiger charge is -2.30. The summed E-state index contributed by atoms with van der Waals surface area (Å²) in [5.41, 5.74) is 1.30. The molecule has 0 spiro atoms. The summed E-state index contributed by atoms with van der Waals surface area (Å²) < 4.78 is 16.9. The van der Waals surface area contributed by atoms with Crippen LogP contribution in [0.3, 0.4) is 0 Å². The van der Waals surface area contributed by atoms with Crippen LogP contribution in [0, 0.1) is 0 Å². The molecule has 2 aliphatic rings. The van der Waals surface area contributed by atoms with Gasteiger partial charge in [-0.2, -0.15) is 0 Å². The molecule has 8 nitrogen and oxygen atoms in total. The van der Waals surface area contributed by atoms with Crippen molar-refractivity contribution in [3.05, 3.63) is 77.3 Å². The van der Waals surface area contributed by atoms with E-state index in [0.29, 0.717) is 49.7 Å². The average Bonchev–Trinajstić information content (AvgIpc) is 3.44. The van der Waals surface area contributed by atoms with Gasteiger partial charge in [-0.3, -0.25) is 14.5 Å². The molecule has 8 heteroatoms. The third kappa shape index (κ3) is 4.74. The van der Waals surface area contributed by atoms with Crippen LogP contribution < -0.4 is 4.74 Å². The molecule has 0 bridgehead atoms. The van der Waals surface area contributed by atoms with Crippen LogP contribution in [0.25, 0.3) is 11.0 Å². The first kappa shape index (κ1) is 24.1. The van der Waals surface area contributed by atoms with Gasteiger partial charge in [-0.25, -0.2) is 0 Å². The van der Waals surface area contributed by atoms with Crippen molar-refractivity contribution in [2.75, 3.05) is 46.0 Å². The van der Waals surface area contributed by atoms with Gasteiger partial charge in [0.05, 0.1) is 31.4 Å². The lowest BCUT2D eigenvalue weighted by atomic mass is 9.94. The number of aliphatic hydroxyl groups is 1. The van der Waals surface area contributed by atoms with Gasteiger partial charge in [0.15, 0.2) is 11.5 Å². The fraction of sp³-hybridized carbons (Fsp3) is 0.357. The number of amides is 1. The fourth-order valence-electron chi connectivity index (χ4n) is 4.92. The first-order valence-corrected chi connectivity index (χ1v) is 12.4. The molecule has 1 amide bonds. The Hall–Kier alpha value is -3.62. The maximum atomic E-state index is 13.7. The SMILES string of the molecule is CCOc1cccc(C2C(C(=O)c3cc4ccccc4o3)=C(O)C(=O)N2CCCN2CCOCC2)c1. The Morgan fingerprint density at radius 2 is 1.89 bits per heavy atom. The minimum Gasteiger partial charge on any atom is -0.503 e. The molecular formula is C28H30N2O6. The van der Waals surface area contributed by atoms with Gasteiger partial charge < -0.3 is 23.9 Å². The van der Waals surface area contributed by atoms with Gasteiger partial charge >= 0.3 is 0 Å². The van der Waals surface area contributed by atoms with Crippen molar-refractivity contribution in [2.45, 2.75) is 19.4 Å². The van der Waals surface area contributed by atoms with Crippen LogP contribution in [0.4, 0.5) is 0 Å². The first-order chi connectivity index (χ1) is 17.6. The lowest BCUT2D eigenvalue weighted by molar-refractivity contribution is -0.129. The molecule has 0 saturated carbocycles. The largest absolute Gasteiger partial charge is 0.503 e. The summed E-state index contributed by atoms with van der Waals surface area (Å²) in [6, 6.07) is 15.5. The molecule has 1 atom stereocenters. The van der Waals surface area contributed by atoms with Crippen LogP contribution in [-0.4, -0.2) is 72.6 Å². The number of furan rings is 1. The number of ketones is 1. The van der Waals surface area contributed by atoms with Crippen molar-refractivity contribution in [3.63, 3.8) is 0 Å². The zero-order valence-corrected chi connectivity index (χ0v) is 20.3. The fourth-order valence-corrected chi connectivity index (χ4v) is 4.92. The van der Waals surface area contributed by atoms with Crippen LogP contribution in [0.5, 0.6) is 5.75 Å². The van der Waals surface area contributed by atoms with Crippen LogP contribution in [0.2, 0.25) is 0 Å². The van der Waals surface area contributed by atoms with E-state index in [1.54, 1.807) is 17.0 Å². The number of aliphatic hydroxyl groups excluding tert-OH is 1. The number of fused-ring (bicyclic) bond motifs is 1. The van der Waals surface area contributed by atoms with E-state index in [9.17, 15) is 14.7 Å². The lowest BCUT2D eigenvalue weighted by Crippen LogP contribution is -2.39. The number of Topliss-reactive ketones (excluding diaryl/α,β-unsaturated/α-hetero) is 1. The highest BCUT2D eigenvalue weighted by Crippen LogP contribution is 2.40. The summed E-state index contributed by atoms with van der Waals surface area (Å²) >= 11 is 0. The molecular weight excluding hydrogens is 460 g/mol. The van der Waals surface area contributed by atoms with Gasteiger partial charge in [0.25, 0.3) is 5.91 Å². The number of benzene rings is 2. The molecule has 36 heavy (non-hydrogen) atoms. The van der Waals surface area contributed by atoms with E-state index >= 15 is 0 Å². The van der Waals surface area contributed by atoms with E-state index < -0.39 is 23.5 Å². The van der Waals surface area contributed by atoms with Gasteiger partial charge in [-0.15, -0.1) is 0 Å². The van der Waals surface area contributed by atoms with Crippen LogP contribution in [-0.2, 0) is 9.53 Å².